The Labute approximate surface area is 107 Å². The molecule has 0 aliphatic carbocycles. The molecule has 96 valence electrons. The van der Waals surface area contributed by atoms with Crippen LogP contribution >= 0.6 is 0 Å². The summed E-state index contributed by atoms with van der Waals surface area (Å²) in [6, 6.07) is 7.25. The van der Waals surface area contributed by atoms with E-state index < -0.39 is 0 Å². The van der Waals surface area contributed by atoms with Crippen molar-refractivity contribution in [3.05, 3.63) is 70.9 Å². The lowest BCUT2D eigenvalue weighted by Gasteiger charge is -2.02. The molecule has 0 aliphatic heterocycles. The molecule has 1 N–H and O–H groups in total. The van der Waals surface area contributed by atoms with E-state index in [1.807, 2.05) is 10.8 Å². The van der Waals surface area contributed by atoms with Gasteiger partial charge in [0.1, 0.15) is 5.82 Å². The molecule has 0 unspecified atom stereocenters. The summed E-state index contributed by atoms with van der Waals surface area (Å²) in [6.07, 6.45) is 5.16. The molecule has 0 saturated carbocycles. The highest BCUT2D eigenvalue weighted by Crippen LogP contribution is 2.06. The molecule has 19 heavy (non-hydrogen) atoms. The zero-order valence-electron chi connectivity index (χ0n) is 9.95. The van der Waals surface area contributed by atoms with Crippen molar-refractivity contribution in [2.45, 2.75) is 6.54 Å². The second kappa shape index (κ2) is 4.56. The van der Waals surface area contributed by atoms with Gasteiger partial charge in [0.2, 0.25) is 0 Å². The minimum absolute atomic E-state index is 0.179. The molecule has 0 spiro atoms. The van der Waals surface area contributed by atoms with Crippen molar-refractivity contribution >= 4 is 0 Å². The topological polar surface area (TPSA) is 55.6 Å². The van der Waals surface area contributed by atoms with E-state index >= 15 is 0 Å². The van der Waals surface area contributed by atoms with Crippen molar-refractivity contribution < 1.29 is 4.39 Å². The number of imidazole rings is 1. The standard InChI is InChI=1S/C13H11FN4O/c14-10-1-3-12(4-2-10)18-13(19)7-11(16-18)8-17-6-5-15-9-17/h1-7,9,16H,8H2. The van der Waals surface area contributed by atoms with Gasteiger partial charge in [0.25, 0.3) is 5.56 Å². The number of H-pyrrole nitrogens is 1. The molecule has 6 heteroatoms. The molecule has 0 bridgehead atoms. The first kappa shape index (κ1) is 11.5. The van der Waals surface area contributed by atoms with Crippen molar-refractivity contribution in [1.82, 2.24) is 19.3 Å². The first-order valence-electron chi connectivity index (χ1n) is 5.75. The third-order valence-electron chi connectivity index (χ3n) is 2.77. The van der Waals surface area contributed by atoms with Crippen molar-refractivity contribution in [1.29, 1.82) is 0 Å². The molecule has 0 fully saturated rings. The third-order valence-corrected chi connectivity index (χ3v) is 2.77. The number of nitrogens with zero attached hydrogens (tertiary/aromatic N) is 3. The Kier molecular flexibility index (Phi) is 2.75. The number of hydrogen-bond donors (Lipinski definition) is 1. The van der Waals surface area contributed by atoms with Gasteiger partial charge in [0.15, 0.2) is 0 Å². The van der Waals surface area contributed by atoms with Gasteiger partial charge in [-0.1, -0.05) is 0 Å². The lowest BCUT2D eigenvalue weighted by Crippen LogP contribution is -2.13. The Balaban J connectivity index is 1.93. The Morgan fingerprint density at radius 1 is 1.26 bits per heavy atom. The van der Waals surface area contributed by atoms with Crippen LogP contribution in [0.2, 0.25) is 0 Å². The largest absolute Gasteiger partial charge is 0.332 e. The van der Waals surface area contributed by atoms with Gasteiger partial charge in [0, 0.05) is 18.5 Å². The second-order valence-corrected chi connectivity index (χ2v) is 4.17. The summed E-state index contributed by atoms with van der Waals surface area (Å²) in [5, 5.41) is 2.99. The number of benzene rings is 1. The summed E-state index contributed by atoms with van der Waals surface area (Å²) >= 11 is 0. The van der Waals surface area contributed by atoms with Crippen LogP contribution in [0.1, 0.15) is 5.69 Å². The van der Waals surface area contributed by atoms with Crippen LogP contribution in [0.5, 0.6) is 0 Å². The lowest BCUT2D eigenvalue weighted by molar-refractivity contribution is 0.626. The number of nitrogens with one attached hydrogen (secondary N) is 1. The average Bonchev–Trinajstić information content (AvgIpc) is 3.01. The van der Waals surface area contributed by atoms with E-state index in [0.717, 1.165) is 5.69 Å². The molecular weight excluding hydrogens is 247 g/mol. The zero-order chi connectivity index (χ0) is 13.2. The van der Waals surface area contributed by atoms with E-state index in [0.29, 0.717) is 12.2 Å². The van der Waals surface area contributed by atoms with Crippen molar-refractivity contribution in [2.75, 3.05) is 0 Å². The summed E-state index contributed by atoms with van der Waals surface area (Å²) in [5.41, 5.74) is 1.18. The Bertz CT molecular complexity index is 725. The summed E-state index contributed by atoms with van der Waals surface area (Å²) in [7, 11) is 0. The van der Waals surface area contributed by atoms with Crippen molar-refractivity contribution in [3.63, 3.8) is 0 Å². The van der Waals surface area contributed by atoms with Crippen LogP contribution in [0, 0.1) is 5.82 Å². The van der Waals surface area contributed by atoms with E-state index in [1.165, 1.54) is 22.9 Å². The molecule has 2 aromatic heterocycles. The molecule has 1 aromatic carbocycles. The molecule has 3 aromatic rings. The minimum atomic E-state index is -0.331. The first-order chi connectivity index (χ1) is 9.22. The number of halogens is 1. The molecular formula is C13H11FN4O. The van der Waals surface area contributed by atoms with Crippen molar-refractivity contribution in [3.8, 4) is 5.69 Å². The SMILES string of the molecule is O=c1cc(Cn2ccnc2)[nH]n1-c1ccc(F)cc1. The minimum Gasteiger partial charge on any atom is -0.332 e. The number of rotatable bonds is 3. The van der Waals surface area contributed by atoms with E-state index in [2.05, 4.69) is 10.1 Å². The Hall–Kier alpha value is -2.63. The average molecular weight is 258 g/mol. The van der Waals surface area contributed by atoms with Crippen LogP contribution < -0.4 is 5.56 Å². The Morgan fingerprint density at radius 2 is 2.05 bits per heavy atom. The summed E-state index contributed by atoms with van der Waals surface area (Å²) in [5.74, 6) is -0.331. The Morgan fingerprint density at radius 3 is 2.74 bits per heavy atom. The van der Waals surface area contributed by atoms with Gasteiger partial charge in [-0.15, -0.1) is 0 Å². The van der Waals surface area contributed by atoms with Crippen LogP contribution in [0.25, 0.3) is 5.69 Å². The highest BCUT2D eigenvalue weighted by Gasteiger charge is 2.05. The van der Waals surface area contributed by atoms with Crippen LogP contribution in [-0.4, -0.2) is 19.3 Å². The quantitative estimate of drug-likeness (QED) is 0.775. The monoisotopic (exact) mass is 258 g/mol. The van der Waals surface area contributed by atoms with Gasteiger partial charge in [-0.3, -0.25) is 9.89 Å². The van der Waals surface area contributed by atoms with E-state index in [-0.39, 0.29) is 11.4 Å². The number of hydrogen-bond acceptors (Lipinski definition) is 2. The fraction of sp³-hybridized carbons (Fsp3) is 0.0769. The predicted molar refractivity (Wildman–Crippen MR) is 67.7 cm³/mol. The fourth-order valence-corrected chi connectivity index (χ4v) is 1.88. The maximum absolute atomic E-state index is 12.9. The maximum atomic E-state index is 12.9. The highest BCUT2D eigenvalue weighted by atomic mass is 19.1. The van der Waals surface area contributed by atoms with Gasteiger partial charge >= 0.3 is 0 Å². The molecule has 0 saturated heterocycles. The molecule has 2 heterocycles. The van der Waals surface area contributed by atoms with Gasteiger partial charge in [-0.25, -0.2) is 14.1 Å². The normalized spacial score (nSPS) is 10.8. The fourth-order valence-electron chi connectivity index (χ4n) is 1.88. The van der Waals surface area contributed by atoms with Crippen LogP contribution in [0.3, 0.4) is 0 Å². The molecule has 0 atom stereocenters. The number of aromatic nitrogens is 4. The van der Waals surface area contributed by atoms with Gasteiger partial charge < -0.3 is 4.57 Å². The molecule has 0 radical (unpaired) electrons. The van der Waals surface area contributed by atoms with Crippen LogP contribution in [0.4, 0.5) is 4.39 Å². The molecule has 0 aliphatic rings. The maximum Gasteiger partial charge on any atom is 0.271 e. The smallest absolute Gasteiger partial charge is 0.271 e. The predicted octanol–water partition coefficient (Wildman–Crippen LogP) is 1.55. The van der Waals surface area contributed by atoms with Crippen LogP contribution in [0.15, 0.2) is 53.8 Å². The van der Waals surface area contributed by atoms with E-state index in [1.54, 1.807) is 24.7 Å². The first-order valence-corrected chi connectivity index (χ1v) is 5.75. The molecule has 5 nitrogen and oxygen atoms in total. The summed E-state index contributed by atoms with van der Waals surface area (Å²) in [4.78, 5) is 15.8. The van der Waals surface area contributed by atoms with Gasteiger partial charge in [0.05, 0.1) is 24.3 Å². The van der Waals surface area contributed by atoms with Crippen LogP contribution in [-0.2, 0) is 6.54 Å². The molecule has 3 rings (SSSR count). The van der Waals surface area contributed by atoms with E-state index in [4.69, 9.17) is 0 Å². The molecule has 0 amide bonds. The second-order valence-electron chi connectivity index (χ2n) is 4.17. The zero-order valence-corrected chi connectivity index (χ0v) is 9.95. The van der Waals surface area contributed by atoms with Gasteiger partial charge in [-0.2, -0.15) is 0 Å². The van der Waals surface area contributed by atoms with E-state index in [9.17, 15) is 9.18 Å². The lowest BCUT2D eigenvalue weighted by atomic mass is 10.3. The summed E-state index contributed by atoms with van der Waals surface area (Å²) in [6.45, 7) is 0.531. The highest BCUT2D eigenvalue weighted by molar-refractivity contribution is 5.31. The third kappa shape index (κ3) is 2.33. The summed E-state index contributed by atoms with van der Waals surface area (Å²) < 4.78 is 16.1. The van der Waals surface area contributed by atoms with Gasteiger partial charge in [-0.05, 0) is 24.3 Å². The van der Waals surface area contributed by atoms with Crippen molar-refractivity contribution in [2.24, 2.45) is 0 Å². The number of aromatic amines is 1.